The van der Waals surface area contributed by atoms with Crippen LogP contribution in [0.2, 0.25) is 0 Å². The summed E-state index contributed by atoms with van der Waals surface area (Å²) in [4.78, 5) is 17.7. The van der Waals surface area contributed by atoms with E-state index in [2.05, 4.69) is 23.2 Å². The highest BCUT2D eigenvalue weighted by molar-refractivity contribution is 5.78. The van der Waals surface area contributed by atoms with Crippen molar-refractivity contribution >= 4 is 5.91 Å². The van der Waals surface area contributed by atoms with Crippen LogP contribution in [0.1, 0.15) is 42.1 Å². The number of nitrogens with one attached hydrogen (secondary N) is 1. The van der Waals surface area contributed by atoms with Crippen molar-refractivity contribution in [3.8, 4) is 5.75 Å². The number of carbonyl (C=O) groups is 1. The Kier molecular flexibility index (Phi) is 3.82. The molecule has 0 bridgehead atoms. The standard InChI is InChI=1S/C19H22N2O2/c22-19(21-11-3-7-18(21)17-6-2-10-20-17)13-23-16-9-8-14-4-1-5-15(14)12-16/h2,6,8-10,12,18,20H,1,3-5,7,11,13H2/t18-/m1/s1. The first-order valence-electron chi connectivity index (χ1n) is 8.48. The summed E-state index contributed by atoms with van der Waals surface area (Å²) in [7, 11) is 0. The predicted molar refractivity (Wildman–Crippen MR) is 88.4 cm³/mol. The van der Waals surface area contributed by atoms with Crippen molar-refractivity contribution in [2.75, 3.05) is 13.2 Å². The molecule has 23 heavy (non-hydrogen) atoms. The zero-order chi connectivity index (χ0) is 15.6. The maximum absolute atomic E-state index is 12.5. The second kappa shape index (κ2) is 6.11. The maximum atomic E-state index is 12.5. The first-order valence-corrected chi connectivity index (χ1v) is 8.48. The van der Waals surface area contributed by atoms with Gasteiger partial charge in [0.25, 0.3) is 5.91 Å². The molecule has 1 saturated heterocycles. The second-order valence-corrected chi connectivity index (χ2v) is 6.44. The third-order valence-electron chi connectivity index (χ3n) is 4.99. The molecule has 0 saturated carbocycles. The Balaban J connectivity index is 1.40. The molecule has 2 aromatic rings. The molecule has 4 rings (SSSR count). The van der Waals surface area contributed by atoms with Crippen LogP contribution < -0.4 is 4.74 Å². The van der Waals surface area contributed by atoms with Crippen molar-refractivity contribution in [2.45, 2.75) is 38.1 Å². The van der Waals surface area contributed by atoms with Gasteiger partial charge >= 0.3 is 0 Å². The van der Waals surface area contributed by atoms with Crippen LogP contribution in [-0.4, -0.2) is 28.9 Å². The Morgan fingerprint density at radius 3 is 3.00 bits per heavy atom. The highest BCUT2D eigenvalue weighted by Gasteiger charge is 2.30. The van der Waals surface area contributed by atoms with Crippen LogP contribution in [0.25, 0.3) is 0 Å². The fourth-order valence-electron chi connectivity index (χ4n) is 3.81. The van der Waals surface area contributed by atoms with Crippen molar-refractivity contribution in [2.24, 2.45) is 0 Å². The Bertz CT molecular complexity index is 693. The van der Waals surface area contributed by atoms with Crippen LogP contribution in [0.5, 0.6) is 5.75 Å². The lowest BCUT2D eigenvalue weighted by Gasteiger charge is -2.24. The highest BCUT2D eigenvalue weighted by Crippen LogP contribution is 2.31. The van der Waals surface area contributed by atoms with Crippen molar-refractivity contribution in [3.05, 3.63) is 53.3 Å². The molecule has 1 aromatic heterocycles. The molecule has 1 atom stereocenters. The van der Waals surface area contributed by atoms with Gasteiger partial charge in [0.1, 0.15) is 5.75 Å². The second-order valence-electron chi connectivity index (χ2n) is 6.44. The number of aryl methyl sites for hydroxylation is 2. The fraction of sp³-hybridized carbons (Fsp3) is 0.421. The highest BCUT2D eigenvalue weighted by atomic mass is 16.5. The zero-order valence-corrected chi connectivity index (χ0v) is 13.3. The van der Waals surface area contributed by atoms with E-state index >= 15 is 0 Å². The minimum absolute atomic E-state index is 0.0719. The van der Waals surface area contributed by atoms with Gasteiger partial charge in [-0.1, -0.05) is 6.07 Å². The third-order valence-corrected chi connectivity index (χ3v) is 4.99. The molecule has 0 unspecified atom stereocenters. The molecule has 0 spiro atoms. The van der Waals surface area contributed by atoms with Crippen molar-refractivity contribution in [1.82, 2.24) is 9.88 Å². The van der Waals surface area contributed by atoms with Crippen molar-refractivity contribution in [1.29, 1.82) is 0 Å². The number of amides is 1. The Morgan fingerprint density at radius 2 is 2.13 bits per heavy atom. The quantitative estimate of drug-likeness (QED) is 0.942. The van der Waals surface area contributed by atoms with E-state index in [1.807, 2.05) is 23.2 Å². The molecule has 4 heteroatoms. The molecular formula is C19H22N2O2. The molecule has 1 amide bonds. The topological polar surface area (TPSA) is 45.3 Å². The van der Waals surface area contributed by atoms with E-state index in [1.165, 1.54) is 24.0 Å². The van der Waals surface area contributed by atoms with Gasteiger partial charge in [-0.2, -0.15) is 0 Å². The number of rotatable bonds is 4. The molecule has 2 heterocycles. The SMILES string of the molecule is O=C(COc1ccc2c(c1)CCC2)N1CCC[C@@H]1c1ccc[nH]1. The first-order chi connectivity index (χ1) is 11.3. The summed E-state index contributed by atoms with van der Waals surface area (Å²) < 4.78 is 5.77. The number of aromatic nitrogens is 1. The average Bonchev–Trinajstić information content (AvgIpc) is 3.32. The Hall–Kier alpha value is -2.23. The monoisotopic (exact) mass is 310 g/mol. The fourth-order valence-corrected chi connectivity index (χ4v) is 3.81. The summed E-state index contributed by atoms with van der Waals surface area (Å²) in [6.07, 6.45) is 7.50. The third kappa shape index (κ3) is 2.85. The number of fused-ring (bicyclic) bond motifs is 1. The maximum Gasteiger partial charge on any atom is 0.261 e. The summed E-state index contributed by atoms with van der Waals surface area (Å²) >= 11 is 0. The molecular weight excluding hydrogens is 288 g/mol. The molecule has 1 aromatic carbocycles. The lowest BCUT2D eigenvalue weighted by atomic mass is 10.1. The van der Waals surface area contributed by atoms with Crippen molar-refractivity contribution < 1.29 is 9.53 Å². The van der Waals surface area contributed by atoms with Gasteiger partial charge in [-0.15, -0.1) is 0 Å². The van der Waals surface area contributed by atoms with Crippen LogP contribution in [0, 0.1) is 0 Å². The van der Waals surface area contributed by atoms with Crippen molar-refractivity contribution in [3.63, 3.8) is 0 Å². The van der Waals surface area contributed by atoms with Crippen LogP contribution in [0.4, 0.5) is 0 Å². The normalized spacial score (nSPS) is 19.8. The molecule has 1 aliphatic carbocycles. The van der Waals surface area contributed by atoms with Gasteiger partial charge in [-0.05, 0) is 67.5 Å². The number of aromatic amines is 1. The van der Waals surface area contributed by atoms with Gasteiger partial charge in [0.2, 0.25) is 0 Å². The smallest absolute Gasteiger partial charge is 0.261 e. The number of hydrogen-bond acceptors (Lipinski definition) is 2. The lowest BCUT2D eigenvalue weighted by Crippen LogP contribution is -2.34. The summed E-state index contributed by atoms with van der Waals surface area (Å²) in [6.45, 7) is 0.937. The van der Waals surface area contributed by atoms with E-state index in [0.717, 1.165) is 37.3 Å². The minimum Gasteiger partial charge on any atom is -0.484 e. The molecule has 1 N–H and O–H groups in total. The van der Waals surface area contributed by atoms with E-state index in [4.69, 9.17) is 4.74 Å². The van der Waals surface area contributed by atoms with E-state index in [-0.39, 0.29) is 18.6 Å². The molecule has 2 aliphatic rings. The number of ether oxygens (including phenoxy) is 1. The molecule has 1 fully saturated rings. The number of carbonyl (C=O) groups excluding carboxylic acids is 1. The molecule has 0 radical (unpaired) electrons. The summed E-state index contributed by atoms with van der Waals surface area (Å²) in [6, 6.07) is 10.4. The number of likely N-dealkylation sites (tertiary alicyclic amines) is 1. The van der Waals surface area contributed by atoms with E-state index in [1.54, 1.807) is 0 Å². The van der Waals surface area contributed by atoms with Crippen LogP contribution in [0.3, 0.4) is 0 Å². The number of benzene rings is 1. The number of nitrogens with zero attached hydrogens (tertiary/aromatic N) is 1. The lowest BCUT2D eigenvalue weighted by molar-refractivity contribution is -0.134. The summed E-state index contributed by atoms with van der Waals surface area (Å²) in [5, 5.41) is 0. The molecule has 1 aliphatic heterocycles. The largest absolute Gasteiger partial charge is 0.484 e. The van der Waals surface area contributed by atoms with Gasteiger partial charge < -0.3 is 14.6 Å². The Labute approximate surface area is 136 Å². The van der Waals surface area contributed by atoms with Gasteiger partial charge in [0.05, 0.1) is 6.04 Å². The Morgan fingerprint density at radius 1 is 1.22 bits per heavy atom. The number of H-pyrrole nitrogens is 1. The summed E-state index contributed by atoms with van der Waals surface area (Å²) in [5.74, 6) is 0.886. The minimum atomic E-state index is 0.0719. The average molecular weight is 310 g/mol. The van der Waals surface area contributed by atoms with Crippen LogP contribution in [-0.2, 0) is 17.6 Å². The van der Waals surface area contributed by atoms with Crippen LogP contribution in [0.15, 0.2) is 36.5 Å². The summed E-state index contributed by atoms with van der Waals surface area (Å²) in [5.41, 5.74) is 3.92. The predicted octanol–water partition coefficient (Wildman–Crippen LogP) is 3.25. The molecule has 4 nitrogen and oxygen atoms in total. The first kappa shape index (κ1) is 14.4. The molecule has 120 valence electrons. The van der Waals surface area contributed by atoms with E-state index in [9.17, 15) is 4.79 Å². The van der Waals surface area contributed by atoms with Gasteiger partial charge in [0.15, 0.2) is 6.61 Å². The van der Waals surface area contributed by atoms with E-state index < -0.39 is 0 Å². The van der Waals surface area contributed by atoms with Gasteiger partial charge in [-0.25, -0.2) is 0 Å². The van der Waals surface area contributed by atoms with Gasteiger partial charge in [0, 0.05) is 18.4 Å². The zero-order valence-electron chi connectivity index (χ0n) is 13.3. The number of hydrogen-bond donors (Lipinski definition) is 1. The van der Waals surface area contributed by atoms with Crippen LogP contribution >= 0.6 is 0 Å². The van der Waals surface area contributed by atoms with Gasteiger partial charge in [-0.3, -0.25) is 4.79 Å². The van der Waals surface area contributed by atoms with E-state index in [0.29, 0.717) is 0 Å².